The molecule has 0 spiro atoms. The summed E-state index contributed by atoms with van der Waals surface area (Å²) < 4.78 is 11.1. The van der Waals surface area contributed by atoms with Gasteiger partial charge in [-0.25, -0.2) is 4.85 Å². The van der Waals surface area contributed by atoms with Gasteiger partial charge in [0.1, 0.15) is 13.2 Å². The van der Waals surface area contributed by atoms with Crippen LogP contribution >= 0.6 is 11.3 Å². The second-order valence-corrected chi connectivity index (χ2v) is 4.53. The third kappa shape index (κ3) is 1.83. The number of ether oxygens (including phenoxy) is 2. The predicted molar refractivity (Wildman–Crippen MR) is 60.3 cm³/mol. The number of hydrogen-bond donors (Lipinski definition) is 0. The maximum Gasteiger partial charge on any atom is 0.178 e. The largest absolute Gasteiger partial charge is 0.485 e. The maximum absolute atomic E-state index is 6.89. The first-order valence-corrected chi connectivity index (χ1v) is 5.48. The van der Waals surface area contributed by atoms with Crippen LogP contribution < -0.4 is 9.47 Å². The number of rotatable bonds is 1. The molecule has 0 fully saturated rings. The van der Waals surface area contributed by atoms with Crippen molar-refractivity contribution in [3.05, 3.63) is 26.9 Å². The molecule has 0 unspecified atom stereocenters. The molecule has 1 aromatic rings. The number of fused-ring (bicyclic) bond motifs is 1. The Bertz CT molecular complexity index is 454. The van der Waals surface area contributed by atoms with Crippen LogP contribution in [0.4, 0.5) is 0 Å². The number of aryl methyl sites for hydroxylation is 1. The average Bonchev–Trinajstić information content (AvgIpc) is 2.57. The minimum atomic E-state index is 0.584. The molecule has 2 heterocycles. The van der Waals surface area contributed by atoms with Gasteiger partial charge in [-0.2, -0.15) is 0 Å². The van der Waals surface area contributed by atoms with Gasteiger partial charge in [-0.05, 0) is 19.9 Å². The molecule has 15 heavy (non-hydrogen) atoms. The smallest absolute Gasteiger partial charge is 0.178 e. The lowest BCUT2D eigenvalue weighted by Gasteiger charge is -2.16. The summed E-state index contributed by atoms with van der Waals surface area (Å²) in [5.74, 6) is 1.64. The van der Waals surface area contributed by atoms with Gasteiger partial charge >= 0.3 is 0 Å². The summed E-state index contributed by atoms with van der Waals surface area (Å²) in [6, 6.07) is 0. The maximum atomic E-state index is 6.89. The first-order valence-electron chi connectivity index (χ1n) is 4.67. The van der Waals surface area contributed by atoms with Crippen LogP contribution in [0.5, 0.6) is 11.5 Å². The van der Waals surface area contributed by atoms with Crippen molar-refractivity contribution in [2.75, 3.05) is 13.2 Å². The topological polar surface area (TPSA) is 22.8 Å². The van der Waals surface area contributed by atoms with E-state index in [-0.39, 0.29) is 0 Å². The molecule has 3 nitrogen and oxygen atoms in total. The highest BCUT2D eigenvalue weighted by atomic mass is 32.1. The van der Waals surface area contributed by atoms with Crippen LogP contribution in [0.15, 0.2) is 5.70 Å². The molecule has 1 aliphatic heterocycles. The van der Waals surface area contributed by atoms with Crippen molar-refractivity contribution >= 4 is 17.4 Å². The Balaban J connectivity index is 2.46. The minimum absolute atomic E-state index is 0.584. The monoisotopic (exact) mass is 221 g/mol. The first-order chi connectivity index (χ1) is 7.22. The third-order valence-corrected chi connectivity index (χ3v) is 3.12. The summed E-state index contributed by atoms with van der Waals surface area (Å²) in [6.45, 7) is 11.9. The van der Waals surface area contributed by atoms with E-state index in [1.165, 1.54) is 0 Å². The molecule has 4 heteroatoms. The lowest BCUT2D eigenvalue weighted by Crippen LogP contribution is -2.14. The van der Waals surface area contributed by atoms with Gasteiger partial charge in [0.15, 0.2) is 17.2 Å². The van der Waals surface area contributed by atoms with Gasteiger partial charge < -0.3 is 9.47 Å². The molecular weight excluding hydrogens is 210 g/mol. The van der Waals surface area contributed by atoms with Crippen molar-refractivity contribution in [2.45, 2.75) is 13.8 Å². The molecule has 0 N–H and O–H groups in total. The fraction of sp³-hybridized carbons (Fsp3) is 0.364. The van der Waals surface area contributed by atoms with Crippen molar-refractivity contribution < 1.29 is 9.47 Å². The van der Waals surface area contributed by atoms with Gasteiger partial charge in [-0.15, -0.1) is 11.3 Å². The van der Waals surface area contributed by atoms with Crippen LogP contribution in [0.1, 0.15) is 16.7 Å². The average molecular weight is 221 g/mol. The molecule has 2 rings (SSSR count). The van der Waals surface area contributed by atoms with Crippen molar-refractivity contribution in [3.63, 3.8) is 0 Å². The quantitative estimate of drug-likeness (QED) is 0.680. The lowest BCUT2D eigenvalue weighted by molar-refractivity contribution is 0.172. The van der Waals surface area contributed by atoms with Crippen LogP contribution in [-0.2, 0) is 0 Å². The Kier molecular flexibility index (Phi) is 2.65. The highest BCUT2D eigenvalue weighted by Crippen LogP contribution is 2.44. The molecule has 78 valence electrons. The number of hydrogen-bond acceptors (Lipinski definition) is 3. The Morgan fingerprint density at radius 3 is 2.73 bits per heavy atom. The lowest BCUT2D eigenvalue weighted by atomic mass is 10.3. The molecule has 1 aliphatic rings. The minimum Gasteiger partial charge on any atom is -0.485 e. The van der Waals surface area contributed by atoms with Gasteiger partial charge in [0.05, 0.1) is 11.4 Å². The zero-order valence-electron chi connectivity index (χ0n) is 8.66. The van der Waals surface area contributed by atoms with Crippen molar-refractivity contribution in [3.8, 4) is 11.5 Å². The second kappa shape index (κ2) is 3.95. The highest BCUT2D eigenvalue weighted by Gasteiger charge is 2.20. The second-order valence-electron chi connectivity index (χ2n) is 3.28. The van der Waals surface area contributed by atoms with Gasteiger partial charge in [0, 0.05) is 4.88 Å². The van der Waals surface area contributed by atoms with Crippen LogP contribution in [0, 0.1) is 13.5 Å². The number of nitrogens with zero attached hydrogens (tertiary/aromatic N) is 1. The zero-order valence-corrected chi connectivity index (χ0v) is 9.48. The van der Waals surface area contributed by atoms with Crippen molar-refractivity contribution in [2.24, 2.45) is 0 Å². The van der Waals surface area contributed by atoms with Crippen LogP contribution in [0.25, 0.3) is 10.9 Å². The Hall–Kier alpha value is -1.47. The number of allylic oxidation sites excluding steroid dienone is 1. The van der Waals surface area contributed by atoms with Gasteiger partial charge in [0.25, 0.3) is 0 Å². The van der Waals surface area contributed by atoms with Gasteiger partial charge in [-0.3, -0.25) is 0 Å². The number of thiophene rings is 1. The summed E-state index contributed by atoms with van der Waals surface area (Å²) in [7, 11) is 0. The molecule has 0 aliphatic carbocycles. The van der Waals surface area contributed by atoms with E-state index in [4.69, 9.17) is 16.0 Å². The van der Waals surface area contributed by atoms with E-state index in [2.05, 4.69) is 4.85 Å². The fourth-order valence-corrected chi connectivity index (χ4v) is 2.49. The van der Waals surface area contributed by atoms with E-state index in [1.807, 2.05) is 13.0 Å². The normalized spacial score (nSPS) is 14.9. The highest BCUT2D eigenvalue weighted by molar-refractivity contribution is 7.13. The predicted octanol–water partition coefficient (Wildman–Crippen LogP) is 3.11. The molecule has 0 saturated heterocycles. The van der Waals surface area contributed by atoms with Crippen LogP contribution in [0.2, 0.25) is 0 Å². The molecule has 0 bridgehead atoms. The summed E-state index contributed by atoms with van der Waals surface area (Å²) in [5, 5.41) is 0. The van der Waals surface area contributed by atoms with Crippen molar-refractivity contribution in [1.29, 1.82) is 0 Å². The summed E-state index contributed by atoms with van der Waals surface area (Å²) in [4.78, 5) is 5.45. The molecular formula is C11H11NO2S. The molecule has 0 radical (unpaired) electrons. The fourth-order valence-electron chi connectivity index (χ4n) is 1.44. The van der Waals surface area contributed by atoms with Gasteiger partial charge in [0.2, 0.25) is 0 Å². The van der Waals surface area contributed by atoms with E-state index >= 15 is 0 Å². The first kappa shape index (κ1) is 10.1. The zero-order chi connectivity index (χ0) is 10.8. The summed E-state index contributed by atoms with van der Waals surface area (Å²) >= 11 is 1.60. The molecule has 0 aromatic carbocycles. The van der Waals surface area contributed by atoms with Crippen molar-refractivity contribution in [1.82, 2.24) is 0 Å². The third-order valence-electron chi connectivity index (χ3n) is 2.11. The Labute approximate surface area is 92.8 Å². The van der Waals surface area contributed by atoms with Gasteiger partial charge in [-0.1, -0.05) is 0 Å². The molecule has 0 saturated carbocycles. The van der Waals surface area contributed by atoms with Crippen LogP contribution in [0.3, 0.4) is 0 Å². The van der Waals surface area contributed by atoms with E-state index in [0.29, 0.717) is 18.9 Å². The molecule has 0 amide bonds. The SMILES string of the molecule is [C-]#[N+]/C(C)=C\c1sc(C)c2c1OCCO2. The Morgan fingerprint density at radius 2 is 2.07 bits per heavy atom. The van der Waals surface area contributed by atoms with E-state index < -0.39 is 0 Å². The van der Waals surface area contributed by atoms with E-state index in [9.17, 15) is 0 Å². The standard InChI is InChI=1S/C11H11NO2S/c1-7(12-3)6-9-11-10(8(2)15-9)13-4-5-14-11/h6H,4-5H2,1-2H3/b7-6-. The van der Waals surface area contributed by atoms with Crippen LogP contribution in [-0.4, -0.2) is 13.2 Å². The summed E-state index contributed by atoms with van der Waals surface area (Å²) in [6.07, 6.45) is 1.85. The molecule has 0 atom stereocenters. The molecule has 1 aromatic heterocycles. The Morgan fingerprint density at radius 1 is 1.40 bits per heavy atom. The van der Waals surface area contributed by atoms with E-state index in [1.54, 1.807) is 18.3 Å². The van der Waals surface area contributed by atoms with E-state index in [0.717, 1.165) is 21.3 Å². The summed E-state index contributed by atoms with van der Waals surface area (Å²) in [5.41, 5.74) is 0.660.